The molecule has 5 heteroatoms. The molecule has 0 saturated carbocycles. The van der Waals surface area contributed by atoms with E-state index in [0.717, 1.165) is 31.2 Å². The normalized spacial score (nSPS) is 20.7. The minimum absolute atomic E-state index is 0.0303. The number of hydrogen-bond acceptors (Lipinski definition) is 3. The van der Waals surface area contributed by atoms with E-state index in [1.165, 1.54) is 5.56 Å². The first kappa shape index (κ1) is 20.6. The van der Waals surface area contributed by atoms with Crippen molar-refractivity contribution in [1.82, 2.24) is 10.2 Å². The summed E-state index contributed by atoms with van der Waals surface area (Å²) in [7, 11) is 0. The highest BCUT2D eigenvalue weighted by Crippen LogP contribution is 2.34. The average Bonchev–Trinajstić information content (AvgIpc) is 3.30. The van der Waals surface area contributed by atoms with Gasteiger partial charge in [0, 0.05) is 31.7 Å². The van der Waals surface area contributed by atoms with Gasteiger partial charge in [-0.15, -0.1) is 0 Å². The van der Waals surface area contributed by atoms with Crippen LogP contribution in [0.3, 0.4) is 0 Å². The number of likely N-dealkylation sites (tertiary alicyclic amines) is 1. The molecule has 2 aromatic rings. The lowest BCUT2D eigenvalue weighted by Crippen LogP contribution is -2.51. The molecule has 2 fully saturated rings. The number of carbonyl (C=O) groups is 2. The number of nitrogens with zero attached hydrogens (tertiary/aromatic N) is 1. The lowest BCUT2D eigenvalue weighted by molar-refractivity contribution is -0.138. The molecule has 5 nitrogen and oxygen atoms in total. The predicted octanol–water partition coefficient (Wildman–Crippen LogP) is 3.08. The molecule has 4 rings (SSSR count). The molecular formula is C25H30N2O3. The van der Waals surface area contributed by atoms with Gasteiger partial charge in [-0.2, -0.15) is 0 Å². The Kier molecular flexibility index (Phi) is 6.48. The van der Waals surface area contributed by atoms with Crippen LogP contribution in [0.5, 0.6) is 0 Å². The average molecular weight is 407 g/mol. The van der Waals surface area contributed by atoms with Gasteiger partial charge in [0.15, 0.2) is 0 Å². The zero-order valence-electron chi connectivity index (χ0n) is 17.4. The molecule has 2 aromatic carbocycles. The van der Waals surface area contributed by atoms with Crippen molar-refractivity contribution in [2.24, 2.45) is 0 Å². The van der Waals surface area contributed by atoms with Gasteiger partial charge in [0.2, 0.25) is 11.8 Å². The Morgan fingerprint density at radius 2 is 1.67 bits per heavy atom. The van der Waals surface area contributed by atoms with Gasteiger partial charge in [-0.3, -0.25) is 9.59 Å². The number of amides is 2. The lowest BCUT2D eigenvalue weighted by atomic mass is 9.74. The molecule has 158 valence electrons. The Bertz CT molecular complexity index is 847. The van der Waals surface area contributed by atoms with Crippen LogP contribution >= 0.6 is 0 Å². The summed E-state index contributed by atoms with van der Waals surface area (Å²) < 4.78 is 5.59. The molecular weight excluding hydrogens is 376 g/mol. The number of carbonyl (C=O) groups excluding carboxylic acids is 2. The van der Waals surface area contributed by atoms with Crippen LogP contribution in [-0.4, -0.2) is 49.1 Å². The topological polar surface area (TPSA) is 58.6 Å². The maximum Gasteiger partial charge on any atom is 0.242 e. The van der Waals surface area contributed by atoms with Crippen molar-refractivity contribution < 1.29 is 14.3 Å². The Labute approximate surface area is 178 Å². The van der Waals surface area contributed by atoms with E-state index >= 15 is 0 Å². The van der Waals surface area contributed by atoms with E-state index in [4.69, 9.17) is 4.74 Å². The summed E-state index contributed by atoms with van der Waals surface area (Å²) in [6.07, 6.45) is 3.72. The van der Waals surface area contributed by atoms with Crippen LogP contribution in [-0.2, 0) is 26.2 Å². The maximum absolute atomic E-state index is 13.1. The largest absolute Gasteiger partial charge is 0.381 e. The molecule has 30 heavy (non-hydrogen) atoms. The molecule has 0 spiro atoms. The summed E-state index contributed by atoms with van der Waals surface area (Å²) in [6, 6.07) is 19.8. The van der Waals surface area contributed by atoms with E-state index in [1.807, 2.05) is 36.4 Å². The van der Waals surface area contributed by atoms with Gasteiger partial charge in [-0.1, -0.05) is 60.7 Å². The summed E-state index contributed by atoms with van der Waals surface area (Å²) in [5.41, 5.74) is 2.13. The number of benzene rings is 2. The molecule has 2 aliphatic rings. The van der Waals surface area contributed by atoms with Crippen molar-refractivity contribution in [1.29, 1.82) is 0 Å². The molecule has 0 radical (unpaired) electrons. The van der Waals surface area contributed by atoms with E-state index in [-0.39, 0.29) is 23.3 Å². The van der Waals surface area contributed by atoms with Crippen LogP contribution in [0.25, 0.3) is 0 Å². The van der Waals surface area contributed by atoms with Crippen molar-refractivity contribution in [3.05, 3.63) is 71.8 Å². The van der Waals surface area contributed by atoms with Crippen LogP contribution in [0.15, 0.2) is 60.7 Å². The highest BCUT2D eigenvalue weighted by atomic mass is 16.5. The molecule has 2 heterocycles. The standard InChI is InChI=1S/C25H30N2O3/c28-23(18-20-8-3-1-4-9-20)27-15-7-12-22(27)24(29)26-19-25(13-16-30-17-14-25)21-10-5-2-6-11-21/h1-6,8-11,22H,7,12-19H2,(H,26,29). The number of rotatable bonds is 6. The van der Waals surface area contributed by atoms with Crippen molar-refractivity contribution in [2.45, 2.75) is 43.6 Å². The van der Waals surface area contributed by atoms with Crippen LogP contribution in [0.4, 0.5) is 0 Å². The van der Waals surface area contributed by atoms with Crippen molar-refractivity contribution in [3.8, 4) is 0 Å². The zero-order chi connectivity index (χ0) is 20.8. The highest BCUT2D eigenvalue weighted by molar-refractivity contribution is 5.89. The fraction of sp³-hybridized carbons (Fsp3) is 0.440. The first-order valence-corrected chi connectivity index (χ1v) is 10.9. The highest BCUT2D eigenvalue weighted by Gasteiger charge is 2.38. The minimum Gasteiger partial charge on any atom is -0.381 e. The summed E-state index contributed by atoms with van der Waals surface area (Å²) >= 11 is 0. The third-order valence-electron chi connectivity index (χ3n) is 6.51. The fourth-order valence-electron chi connectivity index (χ4n) is 4.71. The van der Waals surface area contributed by atoms with Crippen molar-refractivity contribution in [2.75, 3.05) is 26.3 Å². The van der Waals surface area contributed by atoms with Gasteiger partial charge < -0.3 is 15.0 Å². The van der Waals surface area contributed by atoms with Crippen LogP contribution < -0.4 is 5.32 Å². The second kappa shape index (κ2) is 9.43. The molecule has 2 amide bonds. The molecule has 1 N–H and O–H groups in total. The smallest absolute Gasteiger partial charge is 0.242 e. The molecule has 2 saturated heterocycles. The second-order valence-corrected chi connectivity index (χ2v) is 8.38. The SMILES string of the molecule is O=C(NCC1(c2ccccc2)CCOCC1)C1CCCN1C(=O)Cc1ccccc1. The molecule has 0 bridgehead atoms. The van der Waals surface area contributed by atoms with Gasteiger partial charge in [-0.05, 0) is 36.8 Å². The molecule has 2 aliphatic heterocycles. The third kappa shape index (κ3) is 4.57. The van der Waals surface area contributed by atoms with Gasteiger partial charge in [-0.25, -0.2) is 0 Å². The minimum atomic E-state index is -0.367. The first-order chi connectivity index (χ1) is 14.7. The van der Waals surface area contributed by atoms with E-state index < -0.39 is 0 Å². The van der Waals surface area contributed by atoms with Gasteiger partial charge in [0.1, 0.15) is 6.04 Å². The van der Waals surface area contributed by atoms with Gasteiger partial charge >= 0.3 is 0 Å². The molecule has 0 aromatic heterocycles. The molecule has 1 atom stereocenters. The van der Waals surface area contributed by atoms with Crippen LogP contribution in [0.1, 0.15) is 36.8 Å². The predicted molar refractivity (Wildman–Crippen MR) is 116 cm³/mol. The summed E-state index contributed by atoms with van der Waals surface area (Å²) in [5, 5.41) is 3.19. The van der Waals surface area contributed by atoms with Gasteiger partial charge in [0.05, 0.1) is 6.42 Å². The van der Waals surface area contributed by atoms with E-state index in [9.17, 15) is 9.59 Å². The Hall–Kier alpha value is -2.66. The Morgan fingerprint density at radius 3 is 2.37 bits per heavy atom. The first-order valence-electron chi connectivity index (χ1n) is 10.9. The molecule has 1 unspecified atom stereocenters. The monoisotopic (exact) mass is 406 g/mol. The third-order valence-corrected chi connectivity index (χ3v) is 6.51. The Balaban J connectivity index is 1.41. The maximum atomic E-state index is 13.1. The fourth-order valence-corrected chi connectivity index (χ4v) is 4.71. The Morgan fingerprint density at radius 1 is 1.00 bits per heavy atom. The number of nitrogens with one attached hydrogen (secondary N) is 1. The second-order valence-electron chi connectivity index (χ2n) is 8.38. The number of ether oxygens (including phenoxy) is 1. The van der Waals surface area contributed by atoms with Gasteiger partial charge in [0.25, 0.3) is 0 Å². The number of hydrogen-bond donors (Lipinski definition) is 1. The summed E-state index contributed by atoms with van der Waals surface area (Å²) in [5.74, 6) is -0.00148. The van der Waals surface area contributed by atoms with Crippen molar-refractivity contribution >= 4 is 11.8 Å². The summed E-state index contributed by atoms with van der Waals surface area (Å²) in [6.45, 7) is 2.64. The van der Waals surface area contributed by atoms with Crippen molar-refractivity contribution in [3.63, 3.8) is 0 Å². The summed E-state index contributed by atoms with van der Waals surface area (Å²) in [4.78, 5) is 27.7. The van der Waals surface area contributed by atoms with E-state index in [2.05, 4.69) is 29.6 Å². The molecule has 0 aliphatic carbocycles. The lowest BCUT2D eigenvalue weighted by Gasteiger charge is -2.38. The van der Waals surface area contributed by atoms with Crippen LogP contribution in [0, 0.1) is 0 Å². The quantitative estimate of drug-likeness (QED) is 0.802. The van der Waals surface area contributed by atoms with E-state index in [1.54, 1.807) is 4.90 Å². The van der Waals surface area contributed by atoms with Crippen LogP contribution in [0.2, 0.25) is 0 Å². The van der Waals surface area contributed by atoms with E-state index in [0.29, 0.717) is 32.7 Å². The zero-order valence-corrected chi connectivity index (χ0v) is 17.4.